The highest BCUT2D eigenvalue weighted by Crippen LogP contribution is 2.27. The van der Waals surface area contributed by atoms with E-state index < -0.39 is 5.97 Å². The van der Waals surface area contributed by atoms with Crippen LogP contribution < -0.4 is 4.74 Å². The molecule has 3 rings (SSSR count). The third-order valence-corrected chi connectivity index (χ3v) is 4.09. The normalized spacial score (nSPS) is 10.6. The van der Waals surface area contributed by atoms with Crippen molar-refractivity contribution in [3.05, 3.63) is 69.3 Å². The smallest absolute Gasteiger partial charge is 0.344 e. The molecule has 3 aromatic rings. The maximum atomic E-state index is 11.8. The van der Waals surface area contributed by atoms with E-state index in [1.165, 1.54) is 6.07 Å². The summed E-state index contributed by atoms with van der Waals surface area (Å²) in [5.41, 5.74) is 1.30. The molecule has 0 radical (unpaired) electrons. The molecule has 0 saturated heterocycles. The number of benzene rings is 2. The van der Waals surface area contributed by atoms with Crippen LogP contribution in [0.3, 0.4) is 0 Å². The van der Waals surface area contributed by atoms with Gasteiger partial charge in [0.25, 0.3) is 0 Å². The van der Waals surface area contributed by atoms with Gasteiger partial charge in [-0.3, -0.25) is 0 Å². The van der Waals surface area contributed by atoms with Gasteiger partial charge in [-0.05, 0) is 42.5 Å². The molecule has 0 aliphatic carbocycles. The monoisotopic (exact) mass is 411 g/mol. The van der Waals surface area contributed by atoms with E-state index >= 15 is 0 Å². The zero-order valence-corrected chi connectivity index (χ0v) is 15.5. The molecule has 0 amide bonds. The van der Waals surface area contributed by atoms with E-state index in [-0.39, 0.29) is 13.2 Å². The van der Waals surface area contributed by atoms with Gasteiger partial charge in [0, 0.05) is 21.7 Å². The van der Waals surface area contributed by atoms with Gasteiger partial charge in [0.2, 0.25) is 0 Å². The Bertz CT molecular complexity index is 909. The Morgan fingerprint density at radius 2 is 1.73 bits per heavy atom. The summed E-state index contributed by atoms with van der Waals surface area (Å²) in [4.78, 5) is 11.8. The van der Waals surface area contributed by atoms with Crippen LogP contribution in [0.4, 0.5) is 0 Å². The van der Waals surface area contributed by atoms with Gasteiger partial charge in [-0.15, -0.1) is 0 Å². The molecule has 0 unspecified atom stereocenters. The molecular weight excluding hydrogens is 401 g/mol. The summed E-state index contributed by atoms with van der Waals surface area (Å²) in [6.45, 7) is -0.323. The first kappa shape index (κ1) is 18.6. The molecule has 0 aliphatic heterocycles. The van der Waals surface area contributed by atoms with Crippen molar-refractivity contribution in [1.29, 1.82) is 0 Å². The molecule has 0 N–H and O–H groups in total. The lowest BCUT2D eigenvalue weighted by Gasteiger charge is -2.07. The number of carbonyl (C=O) groups excluding carboxylic acids is 1. The molecular formula is C18H12Cl3NO4. The fraction of sp³-hybridized carbons (Fsp3) is 0.111. The maximum absolute atomic E-state index is 11.8. The van der Waals surface area contributed by atoms with E-state index in [0.717, 1.165) is 5.56 Å². The lowest BCUT2D eigenvalue weighted by atomic mass is 10.2. The molecule has 134 valence electrons. The van der Waals surface area contributed by atoms with Crippen molar-refractivity contribution in [3.8, 4) is 17.1 Å². The highest BCUT2D eigenvalue weighted by atomic mass is 35.5. The zero-order valence-electron chi connectivity index (χ0n) is 13.2. The van der Waals surface area contributed by atoms with Gasteiger partial charge in [0.05, 0.1) is 5.02 Å². The van der Waals surface area contributed by atoms with E-state index in [1.807, 2.05) is 12.1 Å². The van der Waals surface area contributed by atoms with Gasteiger partial charge in [-0.1, -0.05) is 40.0 Å². The SMILES string of the molecule is O=C(COc1ccc(Cl)cc1Cl)OCc1cc(-c2ccc(Cl)cc2)on1. The Hall–Kier alpha value is -2.21. The minimum atomic E-state index is -0.563. The second kappa shape index (κ2) is 8.45. The van der Waals surface area contributed by atoms with E-state index in [1.54, 1.807) is 30.3 Å². The Morgan fingerprint density at radius 1 is 1.00 bits per heavy atom. The van der Waals surface area contributed by atoms with Crippen molar-refractivity contribution < 1.29 is 18.8 Å². The fourth-order valence-corrected chi connectivity index (χ4v) is 2.64. The van der Waals surface area contributed by atoms with Gasteiger partial charge in [0.1, 0.15) is 18.1 Å². The van der Waals surface area contributed by atoms with Gasteiger partial charge in [0.15, 0.2) is 12.4 Å². The Kier molecular flexibility index (Phi) is 6.04. The van der Waals surface area contributed by atoms with Crippen molar-refractivity contribution in [3.63, 3.8) is 0 Å². The number of hydrogen-bond acceptors (Lipinski definition) is 5. The molecule has 0 bridgehead atoms. The molecule has 8 heteroatoms. The Balaban J connectivity index is 1.51. The lowest BCUT2D eigenvalue weighted by Crippen LogP contribution is -2.15. The first-order chi connectivity index (χ1) is 12.5. The summed E-state index contributed by atoms with van der Waals surface area (Å²) >= 11 is 17.6. The molecule has 2 aromatic carbocycles. The van der Waals surface area contributed by atoms with Gasteiger partial charge in [-0.25, -0.2) is 4.79 Å². The largest absolute Gasteiger partial charge is 0.480 e. The van der Waals surface area contributed by atoms with E-state index in [0.29, 0.717) is 32.3 Å². The van der Waals surface area contributed by atoms with E-state index in [9.17, 15) is 4.79 Å². The van der Waals surface area contributed by atoms with Crippen LogP contribution in [0, 0.1) is 0 Å². The molecule has 0 fully saturated rings. The van der Waals surface area contributed by atoms with Gasteiger partial charge >= 0.3 is 5.97 Å². The predicted octanol–water partition coefficient (Wildman–Crippen LogP) is 5.42. The number of ether oxygens (including phenoxy) is 2. The van der Waals surface area contributed by atoms with Crippen LogP contribution >= 0.6 is 34.8 Å². The van der Waals surface area contributed by atoms with Gasteiger partial charge in [-0.2, -0.15) is 0 Å². The third kappa shape index (κ3) is 4.91. The van der Waals surface area contributed by atoms with Crippen molar-refractivity contribution >= 4 is 40.8 Å². The molecule has 0 saturated carbocycles. The third-order valence-electron chi connectivity index (χ3n) is 3.31. The van der Waals surface area contributed by atoms with Crippen LogP contribution in [-0.2, 0) is 16.1 Å². The summed E-state index contributed by atoms with van der Waals surface area (Å²) in [6, 6.07) is 13.5. The van der Waals surface area contributed by atoms with Crippen molar-refractivity contribution in [2.45, 2.75) is 6.61 Å². The summed E-state index contributed by atoms with van der Waals surface area (Å²) < 4.78 is 15.6. The quantitative estimate of drug-likeness (QED) is 0.506. The summed E-state index contributed by atoms with van der Waals surface area (Å²) in [7, 11) is 0. The van der Waals surface area contributed by atoms with Crippen molar-refractivity contribution in [2.24, 2.45) is 0 Å². The number of esters is 1. The van der Waals surface area contributed by atoms with Crippen LogP contribution in [0.15, 0.2) is 53.1 Å². The highest BCUT2D eigenvalue weighted by molar-refractivity contribution is 6.35. The minimum absolute atomic E-state index is 0.0341. The number of hydrogen-bond donors (Lipinski definition) is 0. The minimum Gasteiger partial charge on any atom is -0.480 e. The number of carbonyl (C=O) groups is 1. The van der Waals surface area contributed by atoms with Crippen LogP contribution in [0.2, 0.25) is 15.1 Å². The average Bonchev–Trinajstić information content (AvgIpc) is 3.09. The zero-order chi connectivity index (χ0) is 18.5. The number of aromatic nitrogens is 1. The first-order valence-corrected chi connectivity index (χ1v) is 8.59. The predicted molar refractivity (Wildman–Crippen MR) is 98.7 cm³/mol. The molecule has 1 heterocycles. The number of nitrogens with zero attached hydrogens (tertiary/aromatic N) is 1. The molecule has 1 aromatic heterocycles. The topological polar surface area (TPSA) is 61.6 Å². The van der Waals surface area contributed by atoms with Crippen molar-refractivity contribution in [1.82, 2.24) is 5.16 Å². The average molecular weight is 413 g/mol. The van der Waals surface area contributed by atoms with Crippen molar-refractivity contribution in [2.75, 3.05) is 6.61 Å². The maximum Gasteiger partial charge on any atom is 0.344 e. The van der Waals surface area contributed by atoms with Crippen LogP contribution in [-0.4, -0.2) is 17.7 Å². The summed E-state index contributed by atoms with van der Waals surface area (Å²) in [5.74, 6) is 0.337. The van der Waals surface area contributed by atoms with E-state index in [2.05, 4.69) is 5.16 Å². The second-order valence-corrected chi connectivity index (χ2v) is 6.49. The van der Waals surface area contributed by atoms with E-state index in [4.69, 9.17) is 48.8 Å². The second-order valence-electron chi connectivity index (χ2n) is 5.21. The number of halogens is 3. The first-order valence-electron chi connectivity index (χ1n) is 7.46. The molecule has 5 nitrogen and oxygen atoms in total. The number of rotatable bonds is 6. The fourth-order valence-electron chi connectivity index (χ4n) is 2.06. The van der Waals surface area contributed by atoms with Crippen LogP contribution in [0.1, 0.15) is 5.69 Å². The summed E-state index contributed by atoms with van der Waals surface area (Å²) in [6.07, 6.45) is 0. The Morgan fingerprint density at radius 3 is 2.46 bits per heavy atom. The Labute approximate surface area is 164 Å². The molecule has 0 spiro atoms. The summed E-state index contributed by atoms with van der Waals surface area (Å²) in [5, 5.41) is 5.29. The molecule has 0 atom stereocenters. The van der Waals surface area contributed by atoms with Gasteiger partial charge < -0.3 is 14.0 Å². The van der Waals surface area contributed by atoms with Crippen LogP contribution in [0.25, 0.3) is 11.3 Å². The molecule has 26 heavy (non-hydrogen) atoms. The lowest BCUT2D eigenvalue weighted by molar-refractivity contribution is -0.147. The molecule has 0 aliphatic rings. The van der Waals surface area contributed by atoms with Crippen LogP contribution in [0.5, 0.6) is 5.75 Å². The standard InChI is InChI=1S/C18H12Cl3NO4/c19-12-3-1-11(2-4-12)17-8-14(22-26-17)9-25-18(23)10-24-16-6-5-13(20)7-15(16)21/h1-8H,9-10H2. The highest BCUT2D eigenvalue weighted by Gasteiger charge is 2.11.